The van der Waals surface area contributed by atoms with E-state index in [0.29, 0.717) is 0 Å². The van der Waals surface area contributed by atoms with Crippen molar-refractivity contribution >= 4 is 11.8 Å². The van der Waals surface area contributed by atoms with Crippen molar-refractivity contribution in [3.8, 4) is 0 Å². The molecule has 0 aliphatic rings. The molecule has 2 amide bonds. The predicted octanol–water partition coefficient (Wildman–Crippen LogP) is 0.0778. The topological polar surface area (TPSA) is 84.2 Å². The van der Waals surface area contributed by atoms with Crippen LogP contribution >= 0.6 is 0 Å². The Morgan fingerprint density at radius 1 is 1.28 bits per heavy atom. The molecule has 1 unspecified atom stereocenters. The Kier molecular flexibility index (Phi) is 5.26. The monoisotopic (exact) mass is 253 g/mol. The lowest BCUT2D eigenvalue weighted by molar-refractivity contribution is -0.139. The van der Waals surface area contributed by atoms with E-state index in [4.69, 9.17) is 5.73 Å². The Morgan fingerprint density at radius 2 is 1.89 bits per heavy atom. The largest absolute Gasteiger partial charge is 0.347 e. The van der Waals surface area contributed by atoms with E-state index in [0.717, 1.165) is 5.56 Å². The van der Waals surface area contributed by atoms with Crippen molar-refractivity contribution in [2.24, 2.45) is 5.73 Å². The first kappa shape index (κ1) is 14.1. The van der Waals surface area contributed by atoms with Crippen LogP contribution in [0.25, 0.3) is 0 Å². The van der Waals surface area contributed by atoms with Gasteiger partial charge >= 0.3 is 11.8 Å². The lowest BCUT2D eigenvalue weighted by atomic mass is 10.1. The van der Waals surface area contributed by atoms with E-state index < -0.39 is 11.8 Å². The van der Waals surface area contributed by atoms with Gasteiger partial charge in [-0.15, -0.1) is 0 Å². The summed E-state index contributed by atoms with van der Waals surface area (Å²) in [4.78, 5) is 22.7. The molecular formula is C12H16FN3O2. The van der Waals surface area contributed by atoms with E-state index in [-0.39, 0.29) is 24.9 Å². The van der Waals surface area contributed by atoms with Crippen LogP contribution in [0.1, 0.15) is 18.5 Å². The van der Waals surface area contributed by atoms with Crippen LogP contribution in [0.15, 0.2) is 24.3 Å². The van der Waals surface area contributed by atoms with Crippen LogP contribution in [0.2, 0.25) is 0 Å². The number of hydrogen-bond acceptors (Lipinski definition) is 3. The van der Waals surface area contributed by atoms with E-state index >= 15 is 0 Å². The molecule has 0 bridgehead atoms. The Balaban J connectivity index is 2.53. The summed E-state index contributed by atoms with van der Waals surface area (Å²) in [5.41, 5.74) is 5.92. The standard InChI is InChI=1S/C12H16FN3O2/c1-8(9-2-4-10(13)5-3-9)16-12(18)11(17)15-7-6-14/h2-5,8H,6-7,14H2,1H3,(H,15,17)(H,16,18). The molecule has 6 heteroatoms. The molecular weight excluding hydrogens is 237 g/mol. The van der Waals surface area contributed by atoms with Crippen LogP contribution < -0.4 is 16.4 Å². The molecule has 0 aromatic heterocycles. The molecule has 1 aromatic carbocycles. The minimum Gasteiger partial charge on any atom is -0.347 e. The average Bonchev–Trinajstić information content (AvgIpc) is 2.36. The third-order valence-electron chi connectivity index (χ3n) is 2.35. The Morgan fingerprint density at radius 3 is 2.44 bits per heavy atom. The number of benzene rings is 1. The Hall–Kier alpha value is -1.95. The number of carbonyl (C=O) groups is 2. The van der Waals surface area contributed by atoms with Crippen molar-refractivity contribution < 1.29 is 14.0 Å². The van der Waals surface area contributed by atoms with Gasteiger partial charge in [0.15, 0.2) is 0 Å². The number of hydrogen-bond donors (Lipinski definition) is 3. The van der Waals surface area contributed by atoms with E-state index in [1.165, 1.54) is 12.1 Å². The summed E-state index contributed by atoms with van der Waals surface area (Å²) in [5, 5.41) is 4.87. The van der Waals surface area contributed by atoms with Gasteiger partial charge in [0.25, 0.3) is 0 Å². The van der Waals surface area contributed by atoms with Crippen molar-refractivity contribution in [1.29, 1.82) is 0 Å². The number of carbonyl (C=O) groups excluding carboxylic acids is 2. The normalized spacial score (nSPS) is 11.7. The van der Waals surface area contributed by atoms with Crippen LogP contribution in [0, 0.1) is 5.82 Å². The number of nitrogens with two attached hydrogens (primary N) is 1. The predicted molar refractivity (Wildman–Crippen MR) is 65.0 cm³/mol. The fraction of sp³-hybridized carbons (Fsp3) is 0.333. The second-order valence-corrected chi connectivity index (χ2v) is 3.79. The first-order chi connectivity index (χ1) is 8.54. The highest BCUT2D eigenvalue weighted by molar-refractivity contribution is 6.35. The second kappa shape index (κ2) is 6.70. The maximum Gasteiger partial charge on any atom is 0.309 e. The average molecular weight is 253 g/mol. The zero-order valence-electron chi connectivity index (χ0n) is 10.1. The Labute approximate surface area is 105 Å². The fourth-order valence-corrected chi connectivity index (χ4v) is 1.36. The summed E-state index contributed by atoms with van der Waals surface area (Å²) in [7, 11) is 0. The van der Waals surface area contributed by atoms with Gasteiger partial charge < -0.3 is 16.4 Å². The van der Waals surface area contributed by atoms with Crippen molar-refractivity contribution in [3.63, 3.8) is 0 Å². The summed E-state index contributed by atoms with van der Waals surface area (Å²) in [6.07, 6.45) is 0. The molecule has 0 saturated heterocycles. The molecule has 0 spiro atoms. The van der Waals surface area contributed by atoms with Crippen molar-refractivity contribution in [1.82, 2.24) is 10.6 Å². The molecule has 18 heavy (non-hydrogen) atoms. The lowest BCUT2D eigenvalue weighted by Gasteiger charge is -2.13. The van der Waals surface area contributed by atoms with Gasteiger partial charge in [-0.05, 0) is 24.6 Å². The zero-order valence-corrected chi connectivity index (χ0v) is 10.1. The molecule has 1 atom stereocenters. The molecule has 0 saturated carbocycles. The lowest BCUT2D eigenvalue weighted by Crippen LogP contribution is -2.42. The van der Waals surface area contributed by atoms with Crippen LogP contribution in [0.3, 0.4) is 0 Å². The molecule has 0 radical (unpaired) electrons. The number of rotatable bonds is 4. The molecule has 5 nitrogen and oxygen atoms in total. The molecule has 1 aromatic rings. The fourth-order valence-electron chi connectivity index (χ4n) is 1.36. The van der Waals surface area contributed by atoms with Gasteiger partial charge in [-0.3, -0.25) is 9.59 Å². The summed E-state index contributed by atoms with van der Waals surface area (Å²) >= 11 is 0. The molecule has 0 aliphatic heterocycles. The molecule has 0 heterocycles. The Bertz CT molecular complexity index is 420. The smallest absolute Gasteiger partial charge is 0.309 e. The first-order valence-electron chi connectivity index (χ1n) is 5.59. The third kappa shape index (κ3) is 4.14. The minimum atomic E-state index is -0.736. The highest BCUT2D eigenvalue weighted by Gasteiger charge is 2.16. The molecule has 4 N–H and O–H groups in total. The van der Waals surface area contributed by atoms with Crippen LogP contribution in [0.5, 0.6) is 0 Å². The number of halogens is 1. The van der Waals surface area contributed by atoms with E-state index in [2.05, 4.69) is 10.6 Å². The maximum absolute atomic E-state index is 12.7. The van der Waals surface area contributed by atoms with Gasteiger partial charge in [-0.25, -0.2) is 4.39 Å². The van der Waals surface area contributed by atoms with Crippen LogP contribution in [0.4, 0.5) is 4.39 Å². The van der Waals surface area contributed by atoms with E-state index in [1.54, 1.807) is 19.1 Å². The molecule has 98 valence electrons. The summed E-state index contributed by atoms with van der Waals surface area (Å²) in [6.45, 7) is 2.23. The quantitative estimate of drug-likeness (QED) is 0.664. The maximum atomic E-state index is 12.7. The van der Waals surface area contributed by atoms with Gasteiger partial charge in [0, 0.05) is 13.1 Å². The summed E-state index contributed by atoms with van der Waals surface area (Å²) in [5.74, 6) is -1.81. The molecule has 0 fully saturated rings. The molecule has 0 aliphatic carbocycles. The highest BCUT2D eigenvalue weighted by atomic mass is 19.1. The summed E-state index contributed by atoms with van der Waals surface area (Å²) in [6, 6.07) is 5.33. The van der Waals surface area contributed by atoms with Crippen molar-refractivity contribution in [2.45, 2.75) is 13.0 Å². The molecule has 1 rings (SSSR count). The van der Waals surface area contributed by atoms with Gasteiger partial charge in [0.1, 0.15) is 5.82 Å². The van der Waals surface area contributed by atoms with Gasteiger partial charge in [-0.1, -0.05) is 12.1 Å². The minimum absolute atomic E-state index is 0.247. The van der Waals surface area contributed by atoms with Gasteiger partial charge in [0.05, 0.1) is 6.04 Å². The highest BCUT2D eigenvalue weighted by Crippen LogP contribution is 2.12. The van der Waals surface area contributed by atoms with Crippen LogP contribution in [-0.2, 0) is 9.59 Å². The second-order valence-electron chi connectivity index (χ2n) is 3.79. The summed E-state index contributed by atoms with van der Waals surface area (Å²) < 4.78 is 12.7. The van der Waals surface area contributed by atoms with Crippen LogP contribution in [-0.4, -0.2) is 24.9 Å². The number of amides is 2. The van der Waals surface area contributed by atoms with Gasteiger partial charge in [-0.2, -0.15) is 0 Å². The first-order valence-corrected chi connectivity index (χ1v) is 5.59. The van der Waals surface area contributed by atoms with E-state index in [9.17, 15) is 14.0 Å². The SMILES string of the molecule is CC(NC(=O)C(=O)NCCN)c1ccc(F)cc1. The van der Waals surface area contributed by atoms with Crippen molar-refractivity contribution in [2.75, 3.05) is 13.1 Å². The number of nitrogens with one attached hydrogen (secondary N) is 2. The van der Waals surface area contributed by atoms with Crippen molar-refractivity contribution in [3.05, 3.63) is 35.6 Å². The third-order valence-corrected chi connectivity index (χ3v) is 2.35. The zero-order chi connectivity index (χ0) is 13.5. The van der Waals surface area contributed by atoms with E-state index in [1.807, 2.05) is 0 Å². The van der Waals surface area contributed by atoms with Gasteiger partial charge in [0.2, 0.25) is 0 Å².